The van der Waals surface area contributed by atoms with Gasteiger partial charge >= 0.3 is 0 Å². The first-order chi connectivity index (χ1) is 13.6. The molecule has 2 aromatic rings. The van der Waals surface area contributed by atoms with Crippen molar-refractivity contribution in [2.24, 2.45) is 0 Å². The first-order valence-corrected chi connectivity index (χ1v) is 9.05. The first kappa shape index (κ1) is 19.6. The van der Waals surface area contributed by atoms with E-state index in [1.54, 1.807) is 31.4 Å². The van der Waals surface area contributed by atoms with Crippen LogP contribution in [0.2, 0.25) is 0 Å². The lowest BCUT2D eigenvalue weighted by Crippen LogP contribution is -2.31. The lowest BCUT2D eigenvalue weighted by Gasteiger charge is -2.25. The fraction of sp³-hybridized carbons (Fsp3) is 0.273. The van der Waals surface area contributed by atoms with Gasteiger partial charge in [0.2, 0.25) is 0 Å². The van der Waals surface area contributed by atoms with E-state index in [1.807, 2.05) is 30.3 Å². The van der Waals surface area contributed by atoms with Gasteiger partial charge in [-0.2, -0.15) is 0 Å². The van der Waals surface area contributed by atoms with Crippen molar-refractivity contribution in [1.29, 1.82) is 0 Å². The molecule has 0 bridgehead atoms. The summed E-state index contributed by atoms with van der Waals surface area (Å²) in [5.74, 6) is -0.962. The van der Waals surface area contributed by atoms with E-state index in [9.17, 15) is 14.7 Å². The summed E-state index contributed by atoms with van der Waals surface area (Å²) >= 11 is 0. The van der Waals surface area contributed by atoms with Crippen molar-refractivity contribution in [3.63, 3.8) is 0 Å². The van der Waals surface area contributed by atoms with E-state index in [0.29, 0.717) is 30.9 Å². The molecule has 0 aliphatic carbocycles. The van der Waals surface area contributed by atoms with Crippen molar-refractivity contribution >= 4 is 17.4 Å². The smallest absolute Gasteiger partial charge is 0.295 e. The summed E-state index contributed by atoms with van der Waals surface area (Å²) in [6, 6.07) is 15.4. The van der Waals surface area contributed by atoms with E-state index in [1.165, 1.54) is 12.0 Å². The maximum absolute atomic E-state index is 12.8. The van der Waals surface area contributed by atoms with Crippen LogP contribution in [0.5, 0.6) is 5.75 Å². The number of ether oxygens (including phenoxy) is 2. The van der Waals surface area contributed by atoms with Gasteiger partial charge in [0, 0.05) is 25.8 Å². The van der Waals surface area contributed by atoms with Gasteiger partial charge in [0.15, 0.2) is 0 Å². The Morgan fingerprint density at radius 1 is 1.07 bits per heavy atom. The molecular weight excluding hydrogens is 358 g/mol. The standard InChI is InChI=1S/C22H23NO5/c1-27-13-7-12-23-19(15-8-4-3-5-9-15)18(21(25)22(23)26)20(24)16-10-6-11-17(14-16)28-2/h3-6,8-11,14,19,24H,7,12-13H2,1-2H3/b20-18+. The molecule has 1 heterocycles. The minimum Gasteiger partial charge on any atom is -0.507 e. The third-order valence-corrected chi connectivity index (χ3v) is 4.75. The van der Waals surface area contributed by atoms with Crippen molar-refractivity contribution in [2.75, 3.05) is 27.4 Å². The molecule has 0 radical (unpaired) electrons. The zero-order valence-electron chi connectivity index (χ0n) is 15.9. The van der Waals surface area contributed by atoms with Gasteiger partial charge in [-0.15, -0.1) is 0 Å². The van der Waals surface area contributed by atoms with Crippen molar-refractivity contribution in [2.45, 2.75) is 12.5 Å². The number of Topliss-reactive ketones (excluding diaryl/α,β-unsaturated/α-hetero) is 1. The highest BCUT2D eigenvalue weighted by Gasteiger charge is 2.45. The number of hydrogen-bond donors (Lipinski definition) is 1. The van der Waals surface area contributed by atoms with Gasteiger partial charge in [-0.1, -0.05) is 42.5 Å². The average Bonchev–Trinajstić information content (AvgIpc) is 2.99. The molecular formula is C22H23NO5. The van der Waals surface area contributed by atoms with Gasteiger partial charge in [0.1, 0.15) is 11.5 Å². The zero-order valence-corrected chi connectivity index (χ0v) is 15.9. The van der Waals surface area contributed by atoms with Gasteiger partial charge in [-0.05, 0) is 24.1 Å². The zero-order chi connectivity index (χ0) is 20.1. The third kappa shape index (κ3) is 3.77. The van der Waals surface area contributed by atoms with Gasteiger partial charge < -0.3 is 19.5 Å². The molecule has 1 N–H and O–H groups in total. The minimum absolute atomic E-state index is 0.0851. The number of rotatable bonds is 7. The van der Waals surface area contributed by atoms with Crippen molar-refractivity contribution in [3.05, 3.63) is 71.3 Å². The number of aliphatic hydroxyl groups is 1. The molecule has 1 saturated heterocycles. The SMILES string of the molecule is COCCCN1C(=O)C(=O)/C(=C(/O)c2cccc(OC)c2)C1c1ccccc1. The number of carbonyl (C=O) groups is 2. The number of methoxy groups -OCH3 is 2. The topological polar surface area (TPSA) is 76.1 Å². The highest BCUT2D eigenvalue weighted by Crippen LogP contribution is 2.39. The molecule has 0 spiro atoms. The molecule has 0 aromatic heterocycles. The third-order valence-electron chi connectivity index (χ3n) is 4.75. The maximum atomic E-state index is 12.8. The van der Waals surface area contributed by atoms with Gasteiger partial charge in [0.05, 0.1) is 18.7 Å². The van der Waals surface area contributed by atoms with Crippen molar-refractivity contribution < 1.29 is 24.2 Å². The summed E-state index contributed by atoms with van der Waals surface area (Å²) in [7, 11) is 3.11. The van der Waals surface area contributed by atoms with Gasteiger partial charge in [0.25, 0.3) is 11.7 Å². The summed E-state index contributed by atoms with van der Waals surface area (Å²) in [4.78, 5) is 27.1. The van der Waals surface area contributed by atoms with Crippen LogP contribution in [0, 0.1) is 0 Å². The molecule has 28 heavy (non-hydrogen) atoms. The maximum Gasteiger partial charge on any atom is 0.295 e. The van der Waals surface area contributed by atoms with Gasteiger partial charge in [-0.3, -0.25) is 9.59 Å². The minimum atomic E-state index is -0.688. The molecule has 1 fully saturated rings. The predicted molar refractivity (Wildman–Crippen MR) is 105 cm³/mol. The molecule has 6 nitrogen and oxygen atoms in total. The number of amides is 1. The lowest BCUT2D eigenvalue weighted by molar-refractivity contribution is -0.140. The van der Waals surface area contributed by atoms with Crippen molar-refractivity contribution in [1.82, 2.24) is 4.90 Å². The van der Waals surface area contributed by atoms with Crippen LogP contribution in [0.15, 0.2) is 60.2 Å². The molecule has 0 saturated carbocycles. The number of carbonyl (C=O) groups excluding carboxylic acids is 2. The quantitative estimate of drug-likeness (QED) is 0.345. The Hall–Kier alpha value is -3.12. The van der Waals surface area contributed by atoms with E-state index in [-0.39, 0.29) is 11.3 Å². The van der Waals surface area contributed by atoms with Gasteiger partial charge in [-0.25, -0.2) is 0 Å². The van der Waals surface area contributed by atoms with E-state index >= 15 is 0 Å². The summed E-state index contributed by atoms with van der Waals surface area (Å²) < 4.78 is 10.3. The second-order valence-corrected chi connectivity index (χ2v) is 6.48. The van der Waals surface area contributed by atoms with E-state index < -0.39 is 17.7 Å². The van der Waals surface area contributed by atoms with Crippen LogP contribution < -0.4 is 4.74 Å². The van der Waals surface area contributed by atoms with E-state index in [2.05, 4.69) is 0 Å². The number of nitrogens with zero attached hydrogens (tertiary/aromatic N) is 1. The molecule has 1 atom stereocenters. The monoisotopic (exact) mass is 381 g/mol. The lowest BCUT2D eigenvalue weighted by atomic mass is 9.95. The van der Waals surface area contributed by atoms with E-state index in [4.69, 9.17) is 9.47 Å². The summed E-state index contributed by atoms with van der Waals surface area (Å²) in [5, 5.41) is 10.9. The average molecular weight is 381 g/mol. The Morgan fingerprint density at radius 2 is 1.82 bits per heavy atom. The molecule has 1 unspecified atom stereocenters. The second kappa shape index (κ2) is 8.71. The highest BCUT2D eigenvalue weighted by molar-refractivity contribution is 6.46. The van der Waals surface area contributed by atoms with Crippen LogP contribution in [0.3, 0.4) is 0 Å². The molecule has 1 amide bonds. The first-order valence-electron chi connectivity index (χ1n) is 9.05. The van der Waals surface area contributed by atoms with E-state index in [0.717, 1.165) is 5.56 Å². The summed E-state index contributed by atoms with van der Waals surface area (Å²) in [6.07, 6.45) is 0.589. The van der Waals surface area contributed by atoms with Crippen LogP contribution in [0.4, 0.5) is 0 Å². The summed E-state index contributed by atoms with van der Waals surface area (Å²) in [6.45, 7) is 0.827. The number of likely N-dealkylation sites (tertiary alicyclic amines) is 1. The normalized spacial score (nSPS) is 18.5. The van der Waals surface area contributed by atoms with Crippen molar-refractivity contribution in [3.8, 4) is 5.75 Å². The Balaban J connectivity index is 2.10. The Kier molecular flexibility index (Phi) is 6.11. The fourth-order valence-corrected chi connectivity index (χ4v) is 3.40. The molecule has 2 aromatic carbocycles. The highest BCUT2D eigenvalue weighted by atomic mass is 16.5. The van der Waals surface area contributed by atoms with Crippen LogP contribution in [-0.4, -0.2) is 49.1 Å². The van der Waals surface area contributed by atoms with Crippen LogP contribution in [0.25, 0.3) is 5.76 Å². The Labute approximate surface area is 164 Å². The van der Waals surface area contributed by atoms with Crippen LogP contribution in [-0.2, 0) is 14.3 Å². The Bertz CT molecular complexity index is 891. The van der Waals surface area contributed by atoms with Crippen LogP contribution in [0.1, 0.15) is 23.6 Å². The molecule has 1 aliphatic rings. The second-order valence-electron chi connectivity index (χ2n) is 6.48. The fourth-order valence-electron chi connectivity index (χ4n) is 3.40. The Morgan fingerprint density at radius 3 is 2.50 bits per heavy atom. The molecule has 3 rings (SSSR count). The molecule has 146 valence electrons. The summed E-state index contributed by atoms with van der Waals surface area (Å²) in [5.41, 5.74) is 1.28. The number of ketones is 1. The number of aliphatic hydroxyl groups excluding tert-OH is 1. The predicted octanol–water partition coefficient (Wildman–Crippen LogP) is 3.15. The molecule has 1 aliphatic heterocycles. The largest absolute Gasteiger partial charge is 0.507 e. The molecule has 6 heteroatoms. The number of hydrogen-bond acceptors (Lipinski definition) is 5. The van der Waals surface area contributed by atoms with Crippen LogP contribution >= 0.6 is 0 Å². The number of benzene rings is 2.